The highest BCUT2D eigenvalue weighted by atomic mass is 35.5. The van der Waals surface area contributed by atoms with E-state index in [0.29, 0.717) is 15.0 Å². The van der Waals surface area contributed by atoms with Gasteiger partial charge in [-0.05, 0) is 43.2 Å². The topological polar surface area (TPSA) is 49.4 Å². The molecule has 1 aliphatic heterocycles. The Morgan fingerprint density at radius 2 is 1.82 bits per heavy atom. The van der Waals surface area contributed by atoms with E-state index in [2.05, 4.69) is 9.62 Å². The molecule has 3 rings (SSSR count). The highest BCUT2D eigenvalue weighted by Crippen LogP contribution is 2.32. The third-order valence-corrected chi connectivity index (χ3v) is 6.90. The van der Waals surface area contributed by atoms with Crippen molar-refractivity contribution in [3.8, 4) is 0 Å². The zero-order valence-electron chi connectivity index (χ0n) is 11.6. The number of nitrogens with one attached hydrogen (secondary N) is 1. The fourth-order valence-corrected chi connectivity index (χ4v) is 5.17. The van der Waals surface area contributed by atoms with Gasteiger partial charge < -0.3 is 4.90 Å². The lowest BCUT2D eigenvalue weighted by Crippen LogP contribution is -2.18. The number of nitrogens with zero attached hydrogens (tertiary/aromatic N) is 1. The molecule has 0 radical (unpaired) electrons. The van der Waals surface area contributed by atoms with Gasteiger partial charge in [0.05, 0.1) is 15.0 Å². The molecule has 2 aromatic rings. The molecule has 1 aliphatic rings. The smallest absolute Gasteiger partial charge is 0.271 e. The molecule has 22 heavy (non-hydrogen) atoms. The molecule has 118 valence electrons. The summed E-state index contributed by atoms with van der Waals surface area (Å²) in [7, 11) is -3.67. The van der Waals surface area contributed by atoms with Gasteiger partial charge in [0.25, 0.3) is 10.0 Å². The molecule has 2 heterocycles. The van der Waals surface area contributed by atoms with E-state index in [1.165, 1.54) is 6.07 Å². The average Bonchev–Trinajstić information content (AvgIpc) is 3.12. The number of halogens is 2. The van der Waals surface area contributed by atoms with E-state index >= 15 is 0 Å². The van der Waals surface area contributed by atoms with Gasteiger partial charge in [-0.1, -0.05) is 23.2 Å². The number of rotatable bonds is 4. The highest BCUT2D eigenvalue weighted by Gasteiger charge is 2.20. The number of sulfonamides is 1. The Morgan fingerprint density at radius 3 is 2.45 bits per heavy atom. The van der Waals surface area contributed by atoms with Crippen molar-refractivity contribution >= 4 is 55.9 Å². The quantitative estimate of drug-likeness (QED) is 0.856. The van der Waals surface area contributed by atoms with Crippen molar-refractivity contribution in [2.45, 2.75) is 17.1 Å². The molecule has 0 amide bonds. The summed E-state index contributed by atoms with van der Waals surface area (Å²) in [4.78, 5) is 2.22. The van der Waals surface area contributed by atoms with Crippen LogP contribution in [0.25, 0.3) is 0 Å². The Morgan fingerprint density at radius 1 is 1.09 bits per heavy atom. The van der Waals surface area contributed by atoms with E-state index in [-0.39, 0.29) is 4.21 Å². The first-order valence-electron chi connectivity index (χ1n) is 6.78. The predicted molar refractivity (Wildman–Crippen MR) is 93.0 cm³/mol. The van der Waals surface area contributed by atoms with Crippen LogP contribution in [-0.2, 0) is 10.0 Å². The summed E-state index contributed by atoms with van der Waals surface area (Å²) in [6, 6.07) is 8.44. The number of benzene rings is 1. The second kappa shape index (κ2) is 6.28. The lowest BCUT2D eigenvalue weighted by Gasteiger charge is -2.19. The molecule has 0 atom stereocenters. The molecule has 0 saturated carbocycles. The fourth-order valence-electron chi connectivity index (χ4n) is 2.40. The summed E-state index contributed by atoms with van der Waals surface area (Å²) in [6.07, 6.45) is 2.30. The molecule has 1 fully saturated rings. The standard InChI is InChI=1S/C14H14Cl2N2O2S2/c15-11-4-3-10(18-7-1-2-8-18)9-12(11)17-22(19,20)14-6-5-13(16)21-14/h3-6,9,17H,1-2,7-8H2. The van der Waals surface area contributed by atoms with Crippen molar-refractivity contribution in [1.29, 1.82) is 0 Å². The van der Waals surface area contributed by atoms with Crippen molar-refractivity contribution in [1.82, 2.24) is 0 Å². The Bertz CT molecular complexity index is 784. The van der Waals surface area contributed by atoms with Gasteiger partial charge in [-0.2, -0.15) is 0 Å². The summed E-state index contributed by atoms with van der Waals surface area (Å²) in [6.45, 7) is 1.96. The van der Waals surface area contributed by atoms with Gasteiger partial charge in [0.1, 0.15) is 4.21 Å². The fraction of sp³-hybridized carbons (Fsp3) is 0.286. The van der Waals surface area contributed by atoms with Crippen LogP contribution in [0, 0.1) is 0 Å². The monoisotopic (exact) mass is 376 g/mol. The van der Waals surface area contributed by atoms with Gasteiger partial charge in [0.2, 0.25) is 0 Å². The van der Waals surface area contributed by atoms with Crippen LogP contribution < -0.4 is 9.62 Å². The summed E-state index contributed by atoms with van der Waals surface area (Å²) < 4.78 is 27.9. The molecular weight excluding hydrogens is 363 g/mol. The molecule has 1 aromatic heterocycles. The van der Waals surface area contributed by atoms with Crippen LogP contribution >= 0.6 is 34.5 Å². The predicted octanol–water partition coefficient (Wildman–Crippen LogP) is 4.46. The Kier molecular flexibility index (Phi) is 4.54. The zero-order valence-corrected chi connectivity index (χ0v) is 14.7. The minimum atomic E-state index is -3.67. The van der Waals surface area contributed by atoms with Gasteiger partial charge in [0.15, 0.2) is 0 Å². The van der Waals surface area contributed by atoms with Gasteiger partial charge in [-0.25, -0.2) is 8.42 Å². The van der Waals surface area contributed by atoms with Crippen molar-refractivity contribution in [2.24, 2.45) is 0 Å². The lowest BCUT2D eigenvalue weighted by atomic mass is 10.2. The number of anilines is 2. The second-order valence-electron chi connectivity index (χ2n) is 5.02. The van der Waals surface area contributed by atoms with Crippen LogP contribution in [0.2, 0.25) is 9.36 Å². The largest absolute Gasteiger partial charge is 0.371 e. The minimum absolute atomic E-state index is 0.167. The van der Waals surface area contributed by atoms with Crippen LogP contribution in [0.15, 0.2) is 34.5 Å². The van der Waals surface area contributed by atoms with E-state index in [0.717, 1.165) is 43.0 Å². The molecule has 1 saturated heterocycles. The molecule has 0 spiro atoms. The lowest BCUT2D eigenvalue weighted by molar-refractivity contribution is 0.603. The highest BCUT2D eigenvalue weighted by molar-refractivity contribution is 7.94. The third kappa shape index (κ3) is 3.35. The minimum Gasteiger partial charge on any atom is -0.371 e. The van der Waals surface area contributed by atoms with Crippen molar-refractivity contribution in [2.75, 3.05) is 22.7 Å². The third-order valence-electron chi connectivity index (χ3n) is 3.48. The molecule has 0 unspecified atom stereocenters. The van der Waals surface area contributed by atoms with E-state index in [1.807, 2.05) is 6.07 Å². The number of hydrogen-bond donors (Lipinski definition) is 1. The van der Waals surface area contributed by atoms with Gasteiger partial charge in [0, 0.05) is 18.8 Å². The van der Waals surface area contributed by atoms with Crippen LogP contribution in [0.1, 0.15) is 12.8 Å². The first kappa shape index (κ1) is 15.9. The van der Waals surface area contributed by atoms with E-state index in [1.54, 1.807) is 18.2 Å². The molecule has 8 heteroatoms. The van der Waals surface area contributed by atoms with Crippen molar-refractivity contribution in [3.05, 3.63) is 39.7 Å². The number of hydrogen-bond acceptors (Lipinski definition) is 4. The van der Waals surface area contributed by atoms with Crippen LogP contribution in [0.4, 0.5) is 11.4 Å². The van der Waals surface area contributed by atoms with Gasteiger partial charge in [-0.15, -0.1) is 11.3 Å². The van der Waals surface area contributed by atoms with E-state index in [4.69, 9.17) is 23.2 Å². The van der Waals surface area contributed by atoms with E-state index in [9.17, 15) is 8.42 Å². The molecule has 0 bridgehead atoms. The molecule has 1 N–H and O–H groups in total. The summed E-state index contributed by atoms with van der Waals surface area (Å²) in [5, 5.41) is 0.370. The summed E-state index contributed by atoms with van der Waals surface area (Å²) >= 11 is 12.9. The molecular formula is C14H14Cl2N2O2S2. The van der Waals surface area contributed by atoms with Crippen molar-refractivity contribution < 1.29 is 8.42 Å². The number of thiophene rings is 1. The Hall–Kier alpha value is -0.950. The normalized spacial score (nSPS) is 15.3. The van der Waals surface area contributed by atoms with Crippen LogP contribution in [-0.4, -0.2) is 21.5 Å². The maximum Gasteiger partial charge on any atom is 0.271 e. The SMILES string of the molecule is O=S(=O)(Nc1cc(N2CCCC2)ccc1Cl)c1ccc(Cl)s1. The summed E-state index contributed by atoms with van der Waals surface area (Å²) in [5.74, 6) is 0. The molecule has 4 nitrogen and oxygen atoms in total. The second-order valence-corrected chi connectivity index (χ2v) is 9.05. The van der Waals surface area contributed by atoms with Crippen LogP contribution in [0.3, 0.4) is 0 Å². The average molecular weight is 377 g/mol. The maximum atomic E-state index is 12.4. The summed E-state index contributed by atoms with van der Waals surface area (Å²) in [5.41, 5.74) is 1.36. The van der Waals surface area contributed by atoms with Gasteiger partial charge in [-0.3, -0.25) is 4.72 Å². The molecule has 0 aliphatic carbocycles. The van der Waals surface area contributed by atoms with Gasteiger partial charge >= 0.3 is 0 Å². The molecule has 1 aromatic carbocycles. The zero-order chi connectivity index (χ0) is 15.7. The van der Waals surface area contributed by atoms with E-state index < -0.39 is 10.0 Å². The first-order chi connectivity index (χ1) is 10.5. The Labute approximate surface area is 143 Å². The maximum absolute atomic E-state index is 12.4. The van der Waals surface area contributed by atoms with Crippen LogP contribution in [0.5, 0.6) is 0 Å². The Balaban J connectivity index is 1.89. The van der Waals surface area contributed by atoms with Crippen molar-refractivity contribution in [3.63, 3.8) is 0 Å². The first-order valence-corrected chi connectivity index (χ1v) is 9.84.